The molecule has 1 saturated heterocycles. The maximum absolute atomic E-state index is 12.1. The van der Waals surface area contributed by atoms with E-state index in [0.29, 0.717) is 11.2 Å². The molecule has 1 aliphatic rings. The highest BCUT2D eigenvalue weighted by Crippen LogP contribution is 2.16. The molecule has 0 radical (unpaired) electrons. The van der Waals surface area contributed by atoms with Crippen LogP contribution in [0, 0.1) is 0 Å². The minimum Gasteiger partial charge on any atom is -0.315 e. The van der Waals surface area contributed by atoms with Gasteiger partial charge in [-0.1, -0.05) is 0 Å². The third-order valence-electron chi connectivity index (χ3n) is 2.51. The van der Waals surface area contributed by atoms with Crippen LogP contribution >= 0.6 is 0 Å². The average Bonchev–Trinajstić information content (AvgIpc) is 2.75. The van der Waals surface area contributed by atoms with Gasteiger partial charge >= 0.3 is 11.9 Å². The summed E-state index contributed by atoms with van der Waals surface area (Å²) >= 11 is 0. The number of halogens is 3. The van der Waals surface area contributed by atoms with E-state index in [2.05, 4.69) is 10.4 Å². The van der Waals surface area contributed by atoms with Gasteiger partial charge in [0.25, 0.3) is 0 Å². The normalized spacial score (nSPS) is 21.6. The Hall–Kier alpha value is -1.31. The number of hydrogen-bond donors (Lipinski definition) is 1. The fourth-order valence-electron chi connectivity index (χ4n) is 1.76. The van der Waals surface area contributed by atoms with Gasteiger partial charge < -0.3 is 5.32 Å². The van der Waals surface area contributed by atoms with E-state index in [1.165, 1.54) is 10.9 Å². The number of alkyl halides is 3. The average molecular weight is 236 g/mol. The van der Waals surface area contributed by atoms with E-state index >= 15 is 0 Å². The largest absolute Gasteiger partial charge is 0.408 e. The topological polar surface area (TPSA) is 51.9 Å². The Morgan fingerprint density at radius 1 is 1.56 bits per heavy atom. The molecule has 90 valence electrons. The SMILES string of the molecule is O=c1n([C@H]2CCNC2)cnn1CC(F)(F)F. The minimum absolute atomic E-state index is 0.0884. The molecule has 0 spiro atoms. The van der Waals surface area contributed by atoms with Crippen LogP contribution in [0.2, 0.25) is 0 Å². The predicted octanol–water partition coefficient (Wildman–Crippen LogP) is 0.141. The highest BCUT2D eigenvalue weighted by atomic mass is 19.4. The number of nitrogens with zero attached hydrogens (tertiary/aromatic N) is 3. The van der Waals surface area contributed by atoms with Crippen molar-refractivity contribution in [3.63, 3.8) is 0 Å². The maximum Gasteiger partial charge on any atom is 0.408 e. The Balaban J connectivity index is 2.20. The summed E-state index contributed by atoms with van der Waals surface area (Å²) in [6.45, 7) is 0.0259. The molecule has 1 N–H and O–H groups in total. The van der Waals surface area contributed by atoms with Crippen LogP contribution in [0.3, 0.4) is 0 Å². The first kappa shape index (κ1) is 11.2. The van der Waals surface area contributed by atoms with E-state index in [1.807, 2.05) is 0 Å². The molecule has 1 aliphatic heterocycles. The summed E-state index contributed by atoms with van der Waals surface area (Å²) in [5, 5.41) is 6.50. The van der Waals surface area contributed by atoms with Crippen LogP contribution in [-0.2, 0) is 6.54 Å². The Morgan fingerprint density at radius 2 is 2.31 bits per heavy atom. The molecule has 0 saturated carbocycles. The van der Waals surface area contributed by atoms with Crippen LogP contribution in [0.1, 0.15) is 12.5 Å². The number of rotatable bonds is 2. The molecule has 1 aromatic heterocycles. The summed E-state index contributed by atoms with van der Waals surface area (Å²) in [7, 11) is 0. The molecule has 0 aromatic carbocycles. The summed E-state index contributed by atoms with van der Waals surface area (Å²) in [5.41, 5.74) is -0.703. The molecule has 0 aliphatic carbocycles. The van der Waals surface area contributed by atoms with Crippen molar-refractivity contribution in [2.45, 2.75) is 25.2 Å². The van der Waals surface area contributed by atoms with Crippen molar-refractivity contribution in [3.05, 3.63) is 16.8 Å². The molecule has 0 unspecified atom stereocenters. The summed E-state index contributed by atoms with van der Waals surface area (Å²) in [6, 6.07) is -0.0884. The van der Waals surface area contributed by atoms with Gasteiger partial charge in [0.2, 0.25) is 0 Å². The lowest BCUT2D eigenvalue weighted by Crippen LogP contribution is -2.32. The van der Waals surface area contributed by atoms with Crippen LogP contribution in [0.25, 0.3) is 0 Å². The van der Waals surface area contributed by atoms with E-state index in [0.717, 1.165) is 13.0 Å². The Kier molecular flexibility index (Phi) is 2.75. The van der Waals surface area contributed by atoms with Crippen molar-refractivity contribution in [2.24, 2.45) is 0 Å². The molecule has 1 atom stereocenters. The van der Waals surface area contributed by atoms with Crippen molar-refractivity contribution in [1.82, 2.24) is 19.7 Å². The maximum atomic E-state index is 12.1. The van der Waals surface area contributed by atoms with Crippen molar-refractivity contribution < 1.29 is 13.2 Å². The molecule has 5 nitrogen and oxygen atoms in total. The van der Waals surface area contributed by atoms with Crippen LogP contribution in [0.4, 0.5) is 13.2 Å². The standard InChI is InChI=1S/C8H11F3N4O/c9-8(10,11)4-15-7(16)14(5-13-15)6-1-2-12-3-6/h5-6,12H,1-4H2/t6-/m0/s1. The number of aromatic nitrogens is 3. The summed E-state index contributed by atoms with van der Waals surface area (Å²) in [4.78, 5) is 11.6. The monoisotopic (exact) mass is 236 g/mol. The second-order valence-electron chi connectivity index (χ2n) is 3.74. The van der Waals surface area contributed by atoms with Crippen LogP contribution in [0.15, 0.2) is 11.1 Å². The van der Waals surface area contributed by atoms with Gasteiger partial charge in [0.1, 0.15) is 12.9 Å². The molecule has 8 heteroatoms. The van der Waals surface area contributed by atoms with Gasteiger partial charge in [0.05, 0.1) is 6.04 Å². The molecule has 1 fully saturated rings. The Labute approximate surface area is 88.9 Å². The first-order valence-electron chi connectivity index (χ1n) is 4.89. The van der Waals surface area contributed by atoms with Crippen LogP contribution in [0.5, 0.6) is 0 Å². The zero-order valence-corrected chi connectivity index (χ0v) is 8.37. The zero-order chi connectivity index (χ0) is 11.8. The Morgan fingerprint density at radius 3 is 2.88 bits per heavy atom. The molecule has 0 bridgehead atoms. The first-order valence-corrected chi connectivity index (χ1v) is 4.89. The summed E-state index contributed by atoms with van der Waals surface area (Å²) in [6.07, 6.45) is -2.51. The number of hydrogen-bond acceptors (Lipinski definition) is 3. The Bertz CT molecular complexity index is 416. The van der Waals surface area contributed by atoms with Crippen molar-refractivity contribution >= 4 is 0 Å². The lowest BCUT2D eigenvalue weighted by atomic mass is 10.3. The first-order chi connectivity index (χ1) is 7.47. The third-order valence-corrected chi connectivity index (χ3v) is 2.51. The molecule has 0 amide bonds. The van der Waals surface area contributed by atoms with Crippen LogP contribution < -0.4 is 11.0 Å². The smallest absolute Gasteiger partial charge is 0.315 e. The van der Waals surface area contributed by atoms with Crippen molar-refractivity contribution in [3.8, 4) is 0 Å². The van der Waals surface area contributed by atoms with Gasteiger partial charge in [-0.15, -0.1) is 0 Å². The lowest BCUT2D eigenvalue weighted by molar-refractivity contribution is -0.143. The van der Waals surface area contributed by atoms with Gasteiger partial charge in [0.15, 0.2) is 0 Å². The van der Waals surface area contributed by atoms with Crippen LogP contribution in [-0.4, -0.2) is 33.6 Å². The van der Waals surface area contributed by atoms with Crippen molar-refractivity contribution in [1.29, 1.82) is 0 Å². The van der Waals surface area contributed by atoms with Gasteiger partial charge in [-0.2, -0.15) is 18.3 Å². The second kappa shape index (κ2) is 3.93. The van der Waals surface area contributed by atoms with E-state index in [1.54, 1.807) is 0 Å². The van der Waals surface area contributed by atoms with Gasteiger partial charge in [-0.05, 0) is 13.0 Å². The van der Waals surface area contributed by atoms with Crippen molar-refractivity contribution in [2.75, 3.05) is 13.1 Å². The van der Waals surface area contributed by atoms with Gasteiger partial charge in [0, 0.05) is 6.54 Å². The lowest BCUT2D eigenvalue weighted by Gasteiger charge is -2.07. The molecule has 2 heterocycles. The fourth-order valence-corrected chi connectivity index (χ4v) is 1.76. The summed E-state index contributed by atoms with van der Waals surface area (Å²) < 4.78 is 38.0. The molecule has 1 aromatic rings. The van der Waals surface area contributed by atoms with Gasteiger partial charge in [-0.25, -0.2) is 9.48 Å². The van der Waals surface area contributed by atoms with Gasteiger partial charge in [-0.3, -0.25) is 4.57 Å². The summed E-state index contributed by atoms with van der Waals surface area (Å²) in [5.74, 6) is 0. The van der Waals surface area contributed by atoms with E-state index < -0.39 is 18.4 Å². The molecule has 16 heavy (non-hydrogen) atoms. The molecular weight excluding hydrogens is 225 g/mol. The van der Waals surface area contributed by atoms with E-state index in [9.17, 15) is 18.0 Å². The third kappa shape index (κ3) is 2.26. The fraction of sp³-hybridized carbons (Fsp3) is 0.750. The second-order valence-corrected chi connectivity index (χ2v) is 3.74. The van der Waals surface area contributed by atoms with E-state index in [-0.39, 0.29) is 6.04 Å². The number of nitrogens with one attached hydrogen (secondary N) is 1. The quantitative estimate of drug-likeness (QED) is 0.794. The highest BCUT2D eigenvalue weighted by Gasteiger charge is 2.30. The highest BCUT2D eigenvalue weighted by molar-refractivity contribution is 4.82. The van der Waals surface area contributed by atoms with E-state index in [4.69, 9.17) is 0 Å². The minimum atomic E-state index is -4.42. The predicted molar refractivity (Wildman–Crippen MR) is 49.1 cm³/mol. The molecular formula is C8H11F3N4O. The molecule has 2 rings (SSSR count). The zero-order valence-electron chi connectivity index (χ0n) is 8.37.